The summed E-state index contributed by atoms with van der Waals surface area (Å²) in [7, 11) is 0. The Morgan fingerprint density at radius 2 is 2.17 bits per heavy atom. The van der Waals surface area contributed by atoms with Crippen LogP contribution in [0.25, 0.3) is 0 Å². The standard InChI is InChI=1S/C15H26N2O/c1-3-15(2)6-9-17(10-7-15)11-8-16-13-14-5-4-12-18-14/h4-5,12,16H,3,6-11,13H2,1-2H3. The maximum absolute atomic E-state index is 5.29. The van der Waals surface area contributed by atoms with E-state index in [4.69, 9.17) is 4.42 Å². The minimum atomic E-state index is 0.595. The summed E-state index contributed by atoms with van der Waals surface area (Å²) in [6, 6.07) is 3.95. The summed E-state index contributed by atoms with van der Waals surface area (Å²) in [5, 5.41) is 3.43. The lowest BCUT2D eigenvalue weighted by Crippen LogP contribution is -2.41. The maximum Gasteiger partial charge on any atom is 0.117 e. The third-order valence-electron chi connectivity index (χ3n) is 4.40. The SMILES string of the molecule is CCC1(C)CCN(CCNCc2ccco2)CC1. The lowest BCUT2D eigenvalue weighted by molar-refractivity contribution is 0.115. The van der Waals surface area contributed by atoms with Crippen LogP contribution in [0.3, 0.4) is 0 Å². The Morgan fingerprint density at radius 3 is 2.78 bits per heavy atom. The molecule has 1 aliphatic rings. The van der Waals surface area contributed by atoms with Crippen molar-refractivity contribution in [2.75, 3.05) is 26.2 Å². The van der Waals surface area contributed by atoms with E-state index in [2.05, 4.69) is 24.1 Å². The number of likely N-dealkylation sites (tertiary alicyclic amines) is 1. The molecule has 2 rings (SSSR count). The van der Waals surface area contributed by atoms with Gasteiger partial charge in [0.1, 0.15) is 5.76 Å². The maximum atomic E-state index is 5.29. The molecule has 0 aromatic carbocycles. The van der Waals surface area contributed by atoms with Crippen LogP contribution in [-0.4, -0.2) is 31.1 Å². The van der Waals surface area contributed by atoms with Crippen LogP contribution >= 0.6 is 0 Å². The molecule has 0 saturated carbocycles. The Hall–Kier alpha value is -0.800. The molecule has 0 unspecified atom stereocenters. The van der Waals surface area contributed by atoms with Gasteiger partial charge in [0.2, 0.25) is 0 Å². The highest BCUT2D eigenvalue weighted by molar-refractivity contribution is 4.97. The molecule has 0 atom stereocenters. The summed E-state index contributed by atoms with van der Waals surface area (Å²) in [4.78, 5) is 2.58. The van der Waals surface area contributed by atoms with Crippen LogP contribution < -0.4 is 5.32 Å². The van der Waals surface area contributed by atoms with Crippen molar-refractivity contribution in [1.82, 2.24) is 10.2 Å². The third-order valence-corrected chi connectivity index (χ3v) is 4.40. The highest BCUT2D eigenvalue weighted by Crippen LogP contribution is 2.33. The molecule has 0 bridgehead atoms. The van der Waals surface area contributed by atoms with E-state index in [1.807, 2.05) is 12.1 Å². The first kappa shape index (κ1) is 13.6. The third kappa shape index (κ3) is 3.85. The minimum Gasteiger partial charge on any atom is -0.468 e. The van der Waals surface area contributed by atoms with Crippen LogP contribution in [0, 0.1) is 5.41 Å². The molecule has 3 heteroatoms. The zero-order valence-electron chi connectivity index (χ0n) is 11.7. The fraction of sp³-hybridized carbons (Fsp3) is 0.733. The van der Waals surface area contributed by atoms with Crippen molar-refractivity contribution in [3.63, 3.8) is 0 Å². The summed E-state index contributed by atoms with van der Waals surface area (Å²) < 4.78 is 5.29. The van der Waals surface area contributed by atoms with Gasteiger partial charge in [0.15, 0.2) is 0 Å². The molecule has 3 nitrogen and oxygen atoms in total. The van der Waals surface area contributed by atoms with Gasteiger partial charge in [-0.05, 0) is 43.5 Å². The Morgan fingerprint density at radius 1 is 1.39 bits per heavy atom. The zero-order chi connectivity index (χ0) is 12.8. The van der Waals surface area contributed by atoms with E-state index in [0.29, 0.717) is 5.41 Å². The van der Waals surface area contributed by atoms with Gasteiger partial charge in [-0.1, -0.05) is 20.3 Å². The van der Waals surface area contributed by atoms with Gasteiger partial charge in [-0.25, -0.2) is 0 Å². The van der Waals surface area contributed by atoms with E-state index in [9.17, 15) is 0 Å². The second-order valence-corrected chi connectivity index (χ2v) is 5.76. The molecule has 1 fully saturated rings. The quantitative estimate of drug-likeness (QED) is 0.787. The van der Waals surface area contributed by atoms with Gasteiger partial charge < -0.3 is 14.6 Å². The molecule has 0 spiro atoms. The normalized spacial score (nSPS) is 20.1. The van der Waals surface area contributed by atoms with Crippen LogP contribution in [0.5, 0.6) is 0 Å². The molecule has 0 aliphatic carbocycles. The molecule has 102 valence electrons. The minimum absolute atomic E-state index is 0.595. The van der Waals surface area contributed by atoms with Gasteiger partial charge in [-0.3, -0.25) is 0 Å². The van der Waals surface area contributed by atoms with Crippen molar-refractivity contribution in [3.8, 4) is 0 Å². The summed E-state index contributed by atoms with van der Waals surface area (Å²) in [5.41, 5.74) is 0.595. The van der Waals surface area contributed by atoms with Crippen LogP contribution in [0.4, 0.5) is 0 Å². The molecular weight excluding hydrogens is 224 g/mol. The Balaban J connectivity index is 1.58. The molecule has 1 aliphatic heterocycles. The highest BCUT2D eigenvalue weighted by atomic mass is 16.3. The molecule has 0 radical (unpaired) electrons. The van der Waals surface area contributed by atoms with Crippen LogP contribution in [-0.2, 0) is 6.54 Å². The molecule has 1 saturated heterocycles. The lowest BCUT2D eigenvalue weighted by atomic mass is 9.78. The van der Waals surface area contributed by atoms with E-state index in [-0.39, 0.29) is 0 Å². The average Bonchev–Trinajstić information content (AvgIpc) is 2.90. The first-order valence-corrected chi connectivity index (χ1v) is 7.17. The highest BCUT2D eigenvalue weighted by Gasteiger charge is 2.27. The zero-order valence-corrected chi connectivity index (χ0v) is 11.7. The van der Waals surface area contributed by atoms with Gasteiger partial charge in [-0.15, -0.1) is 0 Å². The van der Waals surface area contributed by atoms with Crippen molar-refractivity contribution in [1.29, 1.82) is 0 Å². The second kappa shape index (κ2) is 6.39. The summed E-state index contributed by atoms with van der Waals surface area (Å²) in [5.74, 6) is 1.02. The Labute approximate surface area is 111 Å². The fourth-order valence-electron chi connectivity index (χ4n) is 2.53. The fourth-order valence-corrected chi connectivity index (χ4v) is 2.53. The van der Waals surface area contributed by atoms with Gasteiger partial charge in [0, 0.05) is 13.1 Å². The molecule has 1 aromatic heterocycles. The van der Waals surface area contributed by atoms with E-state index in [1.165, 1.54) is 32.4 Å². The molecule has 2 heterocycles. The van der Waals surface area contributed by atoms with Crippen molar-refractivity contribution >= 4 is 0 Å². The molecule has 1 aromatic rings. The van der Waals surface area contributed by atoms with E-state index >= 15 is 0 Å². The van der Waals surface area contributed by atoms with E-state index < -0.39 is 0 Å². The van der Waals surface area contributed by atoms with Gasteiger partial charge in [-0.2, -0.15) is 0 Å². The lowest BCUT2D eigenvalue weighted by Gasteiger charge is -2.38. The van der Waals surface area contributed by atoms with Crippen LogP contribution in [0.2, 0.25) is 0 Å². The van der Waals surface area contributed by atoms with Crippen LogP contribution in [0.1, 0.15) is 38.9 Å². The topological polar surface area (TPSA) is 28.4 Å². The molecule has 1 N–H and O–H groups in total. The molecule has 0 amide bonds. The predicted molar refractivity (Wildman–Crippen MR) is 74.5 cm³/mol. The average molecular weight is 250 g/mol. The second-order valence-electron chi connectivity index (χ2n) is 5.76. The van der Waals surface area contributed by atoms with Gasteiger partial charge >= 0.3 is 0 Å². The monoisotopic (exact) mass is 250 g/mol. The number of furan rings is 1. The predicted octanol–water partition coefficient (Wildman–Crippen LogP) is 2.88. The van der Waals surface area contributed by atoms with Crippen molar-refractivity contribution in [2.45, 2.75) is 39.7 Å². The summed E-state index contributed by atoms with van der Waals surface area (Å²) in [6.07, 6.45) is 5.74. The Kier molecular flexibility index (Phi) is 4.84. The van der Waals surface area contributed by atoms with Crippen molar-refractivity contribution < 1.29 is 4.42 Å². The number of hydrogen-bond acceptors (Lipinski definition) is 3. The number of hydrogen-bond donors (Lipinski definition) is 1. The largest absolute Gasteiger partial charge is 0.468 e. The molecular formula is C15H26N2O. The smallest absolute Gasteiger partial charge is 0.117 e. The number of nitrogens with one attached hydrogen (secondary N) is 1. The van der Waals surface area contributed by atoms with Gasteiger partial charge in [0.25, 0.3) is 0 Å². The van der Waals surface area contributed by atoms with Crippen LogP contribution in [0.15, 0.2) is 22.8 Å². The number of piperidine rings is 1. The molecule has 18 heavy (non-hydrogen) atoms. The first-order chi connectivity index (χ1) is 8.72. The number of rotatable bonds is 6. The number of nitrogens with zero attached hydrogens (tertiary/aromatic N) is 1. The summed E-state index contributed by atoms with van der Waals surface area (Å²) in [6.45, 7) is 10.3. The van der Waals surface area contributed by atoms with Gasteiger partial charge in [0.05, 0.1) is 12.8 Å². The first-order valence-electron chi connectivity index (χ1n) is 7.17. The van der Waals surface area contributed by atoms with Crippen molar-refractivity contribution in [2.24, 2.45) is 5.41 Å². The van der Waals surface area contributed by atoms with Crippen molar-refractivity contribution in [3.05, 3.63) is 24.2 Å². The Bertz CT molecular complexity index is 326. The summed E-state index contributed by atoms with van der Waals surface area (Å²) >= 11 is 0. The van der Waals surface area contributed by atoms with E-state index in [1.54, 1.807) is 6.26 Å². The van der Waals surface area contributed by atoms with E-state index in [0.717, 1.165) is 25.4 Å².